The van der Waals surface area contributed by atoms with Crippen molar-refractivity contribution in [3.8, 4) is 5.75 Å². The van der Waals surface area contributed by atoms with Crippen LogP contribution in [-0.2, 0) is 4.79 Å². The Morgan fingerprint density at radius 2 is 2.08 bits per heavy atom. The Morgan fingerprint density at radius 3 is 2.88 bits per heavy atom. The van der Waals surface area contributed by atoms with Gasteiger partial charge in [0.05, 0.1) is 18.0 Å². The Morgan fingerprint density at radius 1 is 1.27 bits per heavy atom. The Hall–Kier alpha value is -1.80. The van der Waals surface area contributed by atoms with Gasteiger partial charge in [0.25, 0.3) is 0 Å². The molecule has 0 spiro atoms. The number of hydrogen-bond donors (Lipinski definition) is 2. The third-order valence-corrected chi connectivity index (χ3v) is 6.11. The normalized spacial score (nSPS) is 14.8. The van der Waals surface area contributed by atoms with E-state index in [0.717, 1.165) is 9.47 Å². The molecule has 1 amide bonds. The second-order valence-corrected chi connectivity index (χ2v) is 8.32. The standard InChI is InChI=1S/C18H24N4O2S2/c1-2-24-15-11-7-6-10-14(15)20-16(23)12-25-18-22-21-17(26-18)19-13-8-4-3-5-9-13/h6-7,10-11,13H,2-5,8-9,12H2,1H3,(H,19,21)(H,20,23). The van der Waals surface area contributed by atoms with E-state index < -0.39 is 0 Å². The molecular formula is C18H24N4O2S2. The van der Waals surface area contributed by atoms with Gasteiger partial charge in [-0.1, -0.05) is 54.5 Å². The molecule has 8 heteroatoms. The molecule has 1 fully saturated rings. The molecule has 0 radical (unpaired) electrons. The maximum Gasteiger partial charge on any atom is 0.234 e. The van der Waals surface area contributed by atoms with Crippen molar-refractivity contribution in [2.45, 2.75) is 49.4 Å². The lowest BCUT2D eigenvalue weighted by Gasteiger charge is -2.21. The highest BCUT2D eigenvalue weighted by molar-refractivity contribution is 8.01. The number of rotatable bonds is 8. The van der Waals surface area contributed by atoms with Gasteiger partial charge in [0.15, 0.2) is 4.34 Å². The Balaban J connectivity index is 1.47. The first-order valence-electron chi connectivity index (χ1n) is 8.99. The SMILES string of the molecule is CCOc1ccccc1NC(=O)CSc1nnc(NC2CCCCC2)s1. The van der Waals surface area contributed by atoms with Crippen molar-refractivity contribution in [2.24, 2.45) is 0 Å². The van der Waals surface area contributed by atoms with Crippen molar-refractivity contribution in [3.05, 3.63) is 24.3 Å². The lowest BCUT2D eigenvalue weighted by Crippen LogP contribution is -2.21. The highest BCUT2D eigenvalue weighted by Crippen LogP contribution is 2.29. The molecular weight excluding hydrogens is 368 g/mol. The fourth-order valence-electron chi connectivity index (χ4n) is 2.91. The number of para-hydroxylation sites is 2. The molecule has 1 saturated carbocycles. The fourth-order valence-corrected chi connectivity index (χ4v) is 4.54. The minimum atomic E-state index is -0.0841. The first-order chi connectivity index (χ1) is 12.7. The van der Waals surface area contributed by atoms with E-state index in [1.165, 1.54) is 55.2 Å². The maximum absolute atomic E-state index is 12.2. The van der Waals surface area contributed by atoms with E-state index in [-0.39, 0.29) is 5.91 Å². The van der Waals surface area contributed by atoms with Crippen molar-refractivity contribution >= 4 is 39.8 Å². The highest BCUT2D eigenvalue weighted by atomic mass is 32.2. The summed E-state index contributed by atoms with van der Waals surface area (Å²) in [4.78, 5) is 12.2. The summed E-state index contributed by atoms with van der Waals surface area (Å²) in [7, 11) is 0. The second kappa shape index (κ2) is 9.78. The fraction of sp³-hybridized carbons (Fsp3) is 0.500. The monoisotopic (exact) mass is 392 g/mol. The van der Waals surface area contributed by atoms with Crippen LogP contribution in [0, 0.1) is 0 Å². The molecule has 0 atom stereocenters. The van der Waals surface area contributed by atoms with Gasteiger partial charge in [-0.3, -0.25) is 4.79 Å². The van der Waals surface area contributed by atoms with Crippen LogP contribution >= 0.6 is 23.1 Å². The van der Waals surface area contributed by atoms with E-state index in [0.29, 0.717) is 29.8 Å². The molecule has 26 heavy (non-hydrogen) atoms. The summed E-state index contributed by atoms with van der Waals surface area (Å²) in [5, 5.41) is 15.6. The van der Waals surface area contributed by atoms with Crippen LogP contribution in [0.1, 0.15) is 39.0 Å². The van der Waals surface area contributed by atoms with Crippen LogP contribution in [0.25, 0.3) is 0 Å². The molecule has 1 heterocycles. The van der Waals surface area contributed by atoms with Crippen molar-refractivity contribution in [3.63, 3.8) is 0 Å². The maximum atomic E-state index is 12.2. The van der Waals surface area contributed by atoms with Crippen LogP contribution in [0.5, 0.6) is 5.75 Å². The number of aromatic nitrogens is 2. The van der Waals surface area contributed by atoms with Crippen LogP contribution in [0.4, 0.5) is 10.8 Å². The van der Waals surface area contributed by atoms with E-state index in [1.807, 2.05) is 31.2 Å². The zero-order chi connectivity index (χ0) is 18.2. The summed E-state index contributed by atoms with van der Waals surface area (Å²) in [5.41, 5.74) is 0.692. The van der Waals surface area contributed by atoms with Crippen molar-refractivity contribution in [1.29, 1.82) is 0 Å². The van der Waals surface area contributed by atoms with Gasteiger partial charge < -0.3 is 15.4 Å². The molecule has 3 rings (SSSR count). The summed E-state index contributed by atoms with van der Waals surface area (Å²) in [6.07, 6.45) is 6.28. The van der Waals surface area contributed by atoms with Crippen LogP contribution in [0.3, 0.4) is 0 Å². The Kier molecular flexibility index (Phi) is 7.13. The summed E-state index contributed by atoms with van der Waals surface area (Å²) < 4.78 is 6.33. The van der Waals surface area contributed by atoms with Crippen LogP contribution in [0.2, 0.25) is 0 Å². The summed E-state index contributed by atoms with van der Waals surface area (Å²) in [5.74, 6) is 0.890. The molecule has 1 aliphatic carbocycles. The van der Waals surface area contributed by atoms with E-state index in [2.05, 4.69) is 20.8 Å². The lowest BCUT2D eigenvalue weighted by molar-refractivity contribution is -0.113. The van der Waals surface area contributed by atoms with E-state index in [1.54, 1.807) is 0 Å². The quantitative estimate of drug-likeness (QED) is 0.648. The number of carbonyl (C=O) groups excluding carboxylic acids is 1. The number of hydrogen-bond acceptors (Lipinski definition) is 7. The van der Waals surface area contributed by atoms with E-state index in [4.69, 9.17) is 4.74 Å². The van der Waals surface area contributed by atoms with Crippen molar-refractivity contribution in [1.82, 2.24) is 10.2 Å². The minimum absolute atomic E-state index is 0.0841. The zero-order valence-corrected chi connectivity index (χ0v) is 16.5. The highest BCUT2D eigenvalue weighted by Gasteiger charge is 2.16. The van der Waals surface area contributed by atoms with Gasteiger partial charge in [-0.05, 0) is 31.9 Å². The molecule has 1 aromatic carbocycles. The first kappa shape index (κ1) is 19.0. The number of nitrogens with zero attached hydrogens (tertiary/aromatic N) is 2. The zero-order valence-electron chi connectivity index (χ0n) is 14.9. The Labute approximate surface area is 162 Å². The largest absolute Gasteiger partial charge is 0.492 e. The number of nitrogens with one attached hydrogen (secondary N) is 2. The average molecular weight is 393 g/mol. The van der Waals surface area contributed by atoms with E-state index >= 15 is 0 Å². The minimum Gasteiger partial charge on any atom is -0.492 e. The van der Waals surface area contributed by atoms with Crippen LogP contribution < -0.4 is 15.4 Å². The number of carbonyl (C=O) groups is 1. The molecule has 140 valence electrons. The molecule has 1 aliphatic rings. The van der Waals surface area contributed by atoms with Gasteiger partial charge in [0, 0.05) is 6.04 Å². The smallest absolute Gasteiger partial charge is 0.234 e. The second-order valence-electron chi connectivity index (χ2n) is 6.12. The average Bonchev–Trinajstić information content (AvgIpc) is 3.10. The predicted molar refractivity (Wildman–Crippen MR) is 107 cm³/mol. The lowest BCUT2D eigenvalue weighted by atomic mass is 9.96. The van der Waals surface area contributed by atoms with Gasteiger partial charge in [-0.2, -0.15) is 0 Å². The number of anilines is 2. The number of thioether (sulfide) groups is 1. The molecule has 6 nitrogen and oxygen atoms in total. The summed E-state index contributed by atoms with van der Waals surface area (Å²) in [6, 6.07) is 7.95. The third-order valence-electron chi connectivity index (χ3n) is 4.13. The molecule has 2 aromatic rings. The molecule has 0 aliphatic heterocycles. The summed E-state index contributed by atoms with van der Waals surface area (Å²) in [6.45, 7) is 2.48. The molecule has 0 bridgehead atoms. The Bertz CT molecular complexity index is 717. The number of ether oxygens (including phenoxy) is 1. The van der Waals surface area contributed by atoms with Gasteiger partial charge in [-0.25, -0.2) is 0 Å². The number of benzene rings is 1. The first-order valence-corrected chi connectivity index (χ1v) is 10.8. The van der Waals surface area contributed by atoms with Crippen molar-refractivity contribution < 1.29 is 9.53 Å². The number of amides is 1. The molecule has 1 aromatic heterocycles. The van der Waals surface area contributed by atoms with Gasteiger partial charge in [-0.15, -0.1) is 10.2 Å². The van der Waals surface area contributed by atoms with Gasteiger partial charge >= 0.3 is 0 Å². The third kappa shape index (κ3) is 5.60. The van der Waals surface area contributed by atoms with E-state index in [9.17, 15) is 4.79 Å². The molecule has 0 saturated heterocycles. The van der Waals surface area contributed by atoms with Crippen LogP contribution in [-0.4, -0.2) is 34.5 Å². The van der Waals surface area contributed by atoms with Crippen LogP contribution in [0.15, 0.2) is 28.6 Å². The topological polar surface area (TPSA) is 76.1 Å². The predicted octanol–water partition coefficient (Wildman–Crippen LogP) is 4.41. The summed E-state index contributed by atoms with van der Waals surface area (Å²) >= 11 is 2.91. The van der Waals surface area contributed by atoms with Gasteiger partial charge in [0.2, 0.25) is 11.0 Å². The molecule has 0 unspecified atom stereocenters. The van der Waals surface area contributed by atoms with Gasteiger partial charge in [0.1, 0.15) is 5.75 Å². The van der Waals surface area contributed by atoms with Crippen molar-refractivity contribution in [2.75, 3.05) is 23.0 Å². The molecule has 2 N–H and O–H groups in total.